The first-order valence-corrected chi connectivity index (χ1v) is 7.74. The highest BCUT2D eigenvalue weighted by atomic mass is 19.1. The van der Waals surface area contributed by atoms with Crippen LogP contribution in [0.2, 0.25) is 0 Å². The zero-order valence-electron chi connectivity index (χ0n) is 13.0. The molecule has 2 fully saturated rings. The van der Waals surface area contributed by atoms with Gasteiger partial charge in [0, 0.05) is 0 Å². The van der Waals surface area contributed by atoms with E-state index in [0.29, 0.717) is 12.0 Å². The number of nitriles is 2. The lowest BCUT2D eigenvalue weighted by atomic mass is 9.80. The third-order valence-electron chi connectivity index (χ3n) is 5.79. The predicted octanol–water partition coefficient (Wildman–Crippen LogP) is 1.58. The Morgan fingerprint density at radius 1 is 1.21 bits per heavy atom. The molecule has 1 spiro atoms. The van der Waals surface area contributed by atoms with E-state index in [1.165, 1.54) is 12.1 Å². The average Bonchev–Trinajstić information content (AvgIpc) is 2.81. The maximum atomic E-state index is 13.4. The largest absolute Gasteiger partial charge is 0.386 e. The second kappa shape index (κ2) is 4.32. The molecule has 1 aromatic carbocycles. The Hall–Kier alpha value is -2.48. The van der Waals surface area contributed by atoms with Crippen molar-refractivity contribution in [1.82, 2.24) is 0 Å². The van der Waals surface area contributed by atoms with E-state index in [1.807, 2.05) is 6.92 Å². The summed E-state index contributed by atoms with van der Waals surface area (Å²) in [4.78, 5) is 4.25. The van der Waals surface area contributed by atoms with Crippen molar-refractivity contribution in [3.63, 3.8) is 0 Å². The van der Waals surface area contributed by atoms with Crippen LogP contribution in [-0.4, -0.2) is 25.0 Å². The Labute approximate surface area is 138 Å². The monoisotopic (exact) mass is 326 g/mol. The molecule has 7 heteroatoms. The summed E-state index contributed by atoms with van der Waals surface area (Å²) in [5.41, 5.74) is 3.09. The Morgan fingerprint density at radius 2 is 1.83 bits per heavy atom. The van der Waals surface area contributed by atoms with Gasteiger partial charge in [0.05, 0.1) is 30.8 Å². The molecule has 6 nitrogen and oxygen atoms in total. The van der Waals surface area contributed by atoms with E-state index in [-0.39, 0.29) is 19.0 Å². The molecule has 0 unspecified atom stereocenters. The molecule has 1 aromatic rings. The molecule has 24 heavy (non-hydrogen) atoms. The maximum Gasteiger partial charge on any atom is 0.293 e. The highest BCUT2D eigenvalue weighted by Crippen LogP contribution is 2.86. The van der Waals surface area contributed by atoms with Crippen molar-refractivity contribution < 1.29 is 13.9 Å². The van der Waals surface area contributed by atoms with E-state index in [9.17, 15) is 14.9 Å². The third kappa shape index (κ3) is 1.14. The normalized spacial score (nSPS) is 38.2. The van der Waals surface area contributed by atoms with Gasteiger partial charge in [0.2, 0.25) is 0 Å². The van der Waals surface area contributed by atoms with Crippen LogP contribution >= 0.6 is 0 Å². The van der Waals surface area contributed by atoms with Gasteiger partial charge in [0.15, 0.2) is 10.8 Å². The van der Waals surface area contributed by atoms with Gasteiger partial charge >= 0.3 is 0 Å². The van der Waals surface area contributed by atoms with Gasteiger partial charge in [-0.2, -0.15) is 10.5 Å². The van der Waals surface area contributed by atoms with E-state index in [2.05, 4.69) is 17.1 Å². The van der Waals surface area contributed by atoms with Crippen LogP contribution in [0, 0.1) is 39.3 Å². The number of amidine groups is 1. The van der Waals surface area contributed by atoms with Gasteiger partial charge in [0.1, 0.15) is 11.7 Å². The van der Waals surface area contributed by atoms with Crippen LogP contribution in [0.15, 0.2) is 29.3 Å². The number of halogens is 1. The van der Waals surface area contributed by atoms with Gasteiger partial charge in [-0.15, -0.1) is 0 Å². The van der Waals surface area contributed by atoms with Gasteiger partial charge in [-0.25, -0.2) is 9.38 Å². The minimum Gasteiger partial charge on any atom is -0.386 e. The van der Waals surface area contributed by atoms with Crippen molar-refractivity contribution in [2.45, 2.75) is 24.7 Å². The van der Waals surface area contributed by atoms with Crippen molar-refractivity contribution in [2.75, 3.05) is 13.2 Å². The number of nitrogens with zero attached hydrogens (tertiary/aromatic N) is 3. The van der Waals surface area contributed by atoms with E-state index in [1.54, 1.807) is 12.1 Å². The molecule has 0 radical (unpaired) electrons. The van der Waals surface area contributed by atoms with E-state index < -0.39 is 28.0 Å². The Bertz CT molecular complexity index is 834. The Kier molecular flexibility index (Phi) is 2.72. The van der Waals surface area contributed by atoms with Gasteiger partial charge in [0.25, 0.3) is 5.91 Å². The number of fused-ring (bicyclic) bond motifs is 2. The summed E-state index contributed by atoms with van der Waals surface area (Å²) in [6.07, 6.45) is 0.435. The molecule has 0 amide bonds. The van der Waals surface area contributed by atoms with Crippen molar-refractivity contribution >= 4 is 5.84 Å². The molecule has 2 N–H and O–H groups in total. The second-order valence-electron chi connectivity index (χ2n) is 6.27. The molecule has 1 aliphatic carbocycles. The molecule has 2 aliphatic heterocycles. The van der Waals surface area contributed by atoms with Gasteiger partial charge in [-0.1, -0.05) is 19.1 Å². The molecule has 0 aromatic heterocycles. The van der Waals surface area contributed by atoms with E-state index in [0.717, 1.165) is 0 Å². The van der Waals surface area contributed by atoms with Crippen LogP contribution in [0.4, 0.5) is 4.39 Å². The zero-order valence-corrected chi connectivity index (χ0v) is 13.0. The standard InChI is InChI=1S/C17H15FN4O2/c1-2-14(11-3-5-12(18)6-4-11)15(9-19)13(21)22-17(16(14,15)10-20)23-7-8-24-17/h3-6H,2,7-8H2,1H3,(H2,21,22)/t14-,15-,16+/m0/s1. The SMILES string of the molecule is CC[C@]1(c2ccc(F)cc2)[C@]2(C#N)C(N)=NC3(OCCO3)[C@@]21C#N. The summed E-state index contributed by atoms with van der Waals surface area (Å²) in [5, 5.41) is 20.1. The maximum absolute atomic E-state index is 13.4. The minimum atomic E-state index is -1.58. The van der Waals surface area contributed by atoms with Crippen LogP contribution in [0.5, 0.6) is 0 Å². The summed E-state index contributed by atoms with van der Waals surface area (Å²) in [6.45, 7) is 2.41. The van der Waals surface area contributed by atoms with Crippen LogP contribution in [0.1, 0.15) is 18.9 Å². The van der Waals surface area contributed by atoms with Gasteiger partial charge < -0.3 is 15.2 Å². The topological polar surface area (TPSA) is 104 Å². The van der Waals surface area contributed by atoms with Crippen molar-refractivity contribution in [2.24, 2.45) is 21.6 Å². The first-order chi connectivity index (χ1) is 11.5. The zero-order chi connectivity index (χ0) is 17.2. The predicted molar refractivity (Wildman–Crippen MR) is 80.7 cm³/mol. The third-order valence-corrected chi connectivity index (χ3v) is 5.79. The molecule has 3 atom stereocenters. The number of aliphatic imine (C=N–C) groups is 1. The fourth-order valence-electron chi connectivity index (χ4n) is 4.94. The van der Waals surface area contributed by atoms with Crippen LogP contribution in [-0.2, 0) is 14.9 Å². The first kappa shape index (κ1) is 15.1. The number of benzene rings is 1. The molecule has 122 valence electrons. The van der Waals surface area contributed by atoms with Crippen LogP contribution < -0.4 is 5.73 Å². The summed E-state index contributed by atoms with van der Waals surface area (Å²) in [6, 6.07) is 10.3. The molecule has 2 heterocycles. The Balaban J connectivity index is 2.03. The lowest BCUT2D eigenvalue weighted by Gasteiger charge is -2.31. The fraction of sp³-hybridized carbons (Fsp3) is 0.471. The van der Waals surface area contributed by atoms with Gasteiger partial charge in [-0.3, -0.25) is 0 Å². The first-order valence-electron chi connectivity index (χ1n) is 7.74. The quantitative estimate of drug-likeness (QED) is 0.888. The molecule has 4 rings (SSSR count). The molecular formula is C17H15FN4O2. The summed E-state index contributed by atoms with van der Waals surface area (Å²) >= 11 is 0. The lowest BCUT2D eigenvalue weighted by Crippen LogP contribution is -2.42. The molecule has 3 aliphatic rings. The fourth-order valence-corrected chi connectivity index (χ4v) is 4.94. The molecule has 0 bridgehead atoms. The van der Waals surface area contributed by atoms with Crippen molar-refractivity contribution in [1.29, 1.82) is 10.5 Å². The number of nitrogens with two attached hydrogens (primary N) is 1. The Morgan fingerprint density at radius 3 is 2.33 bits per heavy atom. The van der Waals surface area contributed by atoms with E-state index >= 15 is 0 Å². The minimum absolute atomic E-state index is 0.0413. The van der Waals surface area contributed by atoms with Gasteiger partial charge in [-0.05, 0) is 24.1 Å². The smallest absolute Gasteiger partial charge is 0.293 e. The molecular weight excluding hydrogens is 311 g/mol. The number of rotatable bonds is 2. The van der Waals surface area contributed by atoms with E-state index in [4.69, 9.17) is 15.2 Å². The van der Waals surface area contributed by atoms with Crippen molar-refractivity contribution in [3.05, 3.63) is 35.6 Å². The average molecular weight is 326 g/mol. The summed E-state index contributed by atoms with van der Waals surface area (Å²) in [5.74, 6) is -1.93. The number of ether oxygens (including phenoxy) is 2. The lowest BCUT2D eigenvalue weighted by molar-refractivity contribution is -0.188. The van der Waals surface area contributed by atoms with Crippen LogP contribution in [0.25, 0.3) is 0 Å². The van der Waals surface area contributed by atoms with Crippen LogP contribution in [0.3, 0.4) is 0 Å². The summed E-state index contributed by atoms with van der Waals surface area (Å²) in [7, 11) is 0. The van der Waals surface area contributed by atoms with Crippen molar-refractivity contribution in [3.8, 4) is 12.1 Å². The highest BCUT2D eigenvalue weighted by molar-refractivity contribution is 6.02. The summed E-state index contributed by atoms with van der Waals surface area (Å²) < 4.78 is 24.8. The second-order valence-corrected chi connectivity index (χ2v) is 6.27. The molecule has 1 saturated carbocycles. The highest BCUT2D eigenvalue weighted by Gasteiger charge is 3.01. The molecule has 1 saturated heterocycles. The number of hydrogen-bond donors (Lipinski definition) is 1. The number of hydrogen-bond acceptors (Lipinski definition) is 6.